The van der Waals surface area contributed by atoms with Gasteiger partial charge in [-0.05, 0) is 56.0 Å². The van der Waals surface area contributed by atoms with Crippen molar-refractivity contribution in [3.8, 4) is 0 Å². The molecular weight excluding hydrogens is 404 g/mol. The lowest BCUT2D eigenvalue weighted by Crippen LogP contribution is -2.31. The van der Waals surface area contributed by atoms with E-state index < -0.39 is 0 Å². The van der Waals surface area contributed by atoms with E-state index in [1.165, 1.54) is 0 Å². The van der Waals surface area contributed by atoms with E-state index in [-0.39, 0.29) is 11.9 Å². The molecular formula is C22H23ClN4OS. The maximum atomic E-state index is 12.9. The summed E-state index contributed by atoms with van der Waals surface area (Å²) in [5.74, 6) is 0.929. The number of likely N-dealkylation sites (tertiary alicyclic amines) is 1. The summed E-state index contributed by atoms with van der Waals surface area (Å²) in [5.41, 5.74) is 2.02. The number of carbonyl (C=O) groups is 1. The summed E-state index contributed by atoms with van der Waals surface area (Å²) in [4.78, 5) is 25.1. The molecule has 3 heterocycles. The molecule has 29 heavy (non-hydrogen) atoms. The van der Waals surface area contributed by atoms with Crippen LogP contribution in [-0.2, 0) is 11.2 Å². The molecule has 1 N–H and O–H groups in total. The van der Waals surface area contributed by atoms with Gasteiger partial charge in [-0.15, -0.1) is 11.3 Å². The zero-order valence-electron chi connectivity index (χ0n) is 16.3. The molecule has 0 saturated carbocycles. The molecule has 1 fully saturated rings. The normalized spacial score (nSPS) is 16.2. The van der Waals surface area contributed by atoms with Gasteiger partial charge in [0.2, 0.25) is 5.91 Å². The second-order valence-electron chi connectivity index (χ2n) is 7.22. The van der Waals surface area contributed by atoms with Crippen molar-refractivity contribution in [1.82, 2.24) is 14.9 Å². The predicted octanol–water partition coefficient (Wildman–Crippen LogP) is 5.54. The van der Waals surface area contributed by atoms with Gasteiger partial charge in [0.15, 0.2) is 5.13 Å². The number of anilines is 2. The Kier molecular flexibility index (Phi) is 6.11. The van der Waals surface area contributed by atoms with Crippen LogP contribution in [0.4, 0.5) is 10.9 Å². The second-order valence-corrected chi connectivity index (χ2v) is 8.90. The van der Waals surface area contributed by atoms with Crippen LogP contribution in [-0.4, -0.2) is 27.3 Å². The highest BCUT2D eigenvalue weighted by atomic mass is 35.5. The molecule has 4 rings (SSSR count). The number of nitrogens with zero attached hydrogens (tertiary/aromatic N) is 3. The van der Waals surface area contributed by atoms with Gasteiger partial charge < -0.3 is 10.2 Å². The van der Waals surface area contributed by atoms with Gasteiger partial charge in [-0.25, -0.2) is 9.97 Å². The van der Waals surface area contributed by atoms with E-state index in [0.717, 1.165) is 46.5 Å². The van der Waals surface area contributed by atoms with Crippen molar-refractivity contribution in [1.29, 1.82) is 0 Å². The summed E-state index contributed by atoms with van der Waals surface area (Å²) in [6.45, 7) is 2.81. The number of aromatic nitrogens is 2. The number of rotatable bonds is 6. The second kappa shape index (κ2) is 8.93. The van der Waals surface area contributed by atoms with Crippen molar-refractivity contribution in [3.63, 3.8) is 0 Å². The summed E-state index contributed by atoms with van der Waals surface area (Å²) in [7, 11) is 0. The molecule has 0 unspecified atom stereocenters. The number of halogens is 1. The highest BCUT2D eigenvalue weighted by Gasteiger charge is 2.30. The maximum absolute atomic E-state index is 12.9. The summed E-state index contributed by atoms with van der Waals surface area (Å²) >= 11 is 7.65. The lowest BCUT2D eigenvalue weighted by Gasteiger charge is -2.25. The van der Waals surface area contributed by atoms with E-state index in [1.54, 1.807) is 11.3 Å². The Morgan fingerprint density at radius 2 is 2.17 bits per heavy atom. The predicted molar refractivity (Wildman–Crippen MR) is 118 cm³/mol. The molecule has 0 aliphatic carbocycles. The fraction of sp³-hybridized carbons (Fsp3) is 0.318. The number of benzene rings is 1. The lowest BCUT2D eigenvalue weighted by atomic mass is 10.1. The van der Waals surface area contributed by atoms with Crippen LogP contribution in [0.1, 0.15) is 41.4 Å². The van der Waals surface area contributed by atoms with E-state index in [1.807, 2.05) is 60.5 Å². The van der Waals surface area contributed by atoms with Crippen molar-refractivity contribution in [2.75, 3.05) is 11.9 Å². The Morgan fingerprint density at radius 1 is 1.31 bits per heavy atom. The van der Waals surface area contributed by atoms with Crippen LogP contribution in [0, 0.1) is 6.92 Å². The van der Waals surface area contributed by atoms with Gasteiger partial charge in [0.05, 0.1) is 11.7 Å². The first-order valence-electron chi connectivity index (χ1n) is 9.79. The number of nitrogens with one attached hydrogen (secondary N) is 1. The Hall–Kier alpha value is -2.44. The lowest BCUT2D eigenvalue weighted by molar-refractivity contribution is -0.132. The largest absolute Gasteiger partial charge is 0.334 e. The van der Waals surface area contributed by atoms with Crippen molar-refractivity contribution in [2.24, 2.45) is 0 Å². The smallest absolute Gasteiger partial charge is 0.223 e. The number of aryl methyl sites for hydroxylation is 2. The Labute approximate surface area is 179 Å². The van der Waals surface area contributed by atoms with E-state index in [9.17, 15) is 4.79 Å². The van der Waals surface area contributed by atoms with Gasteiger partial charge in [-0.3, -0.25) is 4.79 Å². The number of hydrogen-bond acceptors (Lipinski definition) is 5. The molecule has 150 valence electrons. The average Bonchev–Trinajstić information content (AvgIpc) is 3.36. The molecule has 1 amide bonds. The van der Waals surface area contributed by atoms with Crippen molar-refractivity contribution in [3.05, 3.63) is 69.8 Å². The third-order valence-corrected chi connectivity index (χ3v) is 6.12. The molecule has 1 atom stereocenters. The first-order chi connectivity index (χ1) is 14.1. The minimum absolute atomic E-state index is 0.0293. The Balaban J connectivity index is 1.43. The van der Waals surface area contributed by atoms with Gasteiger partial charge in [0, 0.05) is 29.1 Å². The highest BCUT2D eigenvalue weighted by molar-refractivity contribution is 7.15. The first kappa shape index (κ1) is 19.9. The third kappa shape index (κ3) is 4.95. The number of amides is 1. The molecule has 3 aromatic rings. The van der Waals surface area contributed by atoms with Gasteiger partial charge in [-0.1, -0.05) is 29.8 Å². The molecule has 1 aliphatic rings. The minimum Gasteiger partial charge on any atom is -0.334 e. The zero-order chi connectivity index (χ0) is 20.2. The van der Waals surface area contributed by atoms with Crippen LogP contribution in [0.3, 0.4) is 0 Å². The van der Waals surface area contributed by atoms with Crippen molar-refractivity contribution < 1.29 is 4.79 Å². The SMILES string of the molecule is Cc1cnc(Nc2cccc([C@@H]3CCCN3C(=O)CCc3cccc(Cl)c3)n2)s1. The highest BCUT2D eigenvalue weighted by Crippen LogP contribution is 2.32. The topological polar surface area (TPSA) is 58.1 Å². The van der Waals surface area contributed by atoms with Crippen LogP contribution in [0.15, 0.2) is 48.7 Å². The molecule has 0 spiro atoms. The molecule has 5 nitrogen and oxygen atoms in total. The minimum atomic E-state index is 0.0293. The first-order valence-corrected chi connectivity index (χ1v) is 11.0. The van der Waals surface area contributed by atoms with Crippen LogP contribution in [0.5, 0.6) is 0 Å². The Bertz CT molecular complexity index is 1010. The standard InChI is InChI=1S/C22H23ClN4OS/c1-15-14-24-22(29-15)26-20-9-3-7-18(25-20)19-8-4-12-27(19)21(28)11-10-16-5-2-6-17(23)13-16/h2-3,5-7,9,13-14,19H,4,8,10-12H2,1H3,(H,24,25,26)/t19-/m0/s1. The van der Waals surface area contributed by atoms with Gasteiger partial charge >= 0.3 is 0 Å². The fourth-order valence-electron chi connectivity index (χ4n) is 3.69. The monoisotopic (exact) mass is 426 g/mol. The van der Waals surface area contributed by atoms with E-state index in [0.29, 0.717) is 17.9 Å². The summed E-state index contributed by atoms with van der Waals surface area (Å²) in [6.07, 6.45) is 4.96. The molecule has 0 bridgehead atoms. The Morgan fingerprint density at radius 3 is 2.97 bits per heavy atom. The summed E-state index contributed by atoms with van der Waals surface area (Å²) < 4.78 is 0. The number of thiazole rings is 1. The van der Waals surface area contributed by atoms with Crippen molar-refractivity contribution in [2.45, 2.75) is 38.6 Å². The summed E-state index contributed by atoms with van der Waals surface area (Å²) in [5, 5.41) is 4.80. The van der Waals surface area contributed by atoms with Gasteiger partial charge in [-0.2, -0.15) is 0 Å². The van der Waals surface area contributed by atoms with Crippen LogP contribution >= 0.6 is 22.9 Å². The number of pyridine rings is 1. The molecule has 1 aliphatic heterocycles. The molecule has 2 aromatic heterocycles. The summed E-state index contributed by atoms with van der Waals surface area (Å²) in [6, 6.07) is 13.7. The zero-order valence-corrected chi connectivity index (χ0v) is 17.8. The fourth-order valence-corrected chi connectivity index (χ4v) is 4.57. The van der Waals surface area contributed by atoms with Gasteiger partial charge in [0.1, 0.15) is 5.82 Å². The quantitative estimate of drug-likeness (QED) is 0.562. The van der Waals surface area contributed by atoms with Gasteiger partial charge in [0.25, 0.3) is 0 Å². The maximum Gasteiger partial charge on any atom is 0.223 e. The van der Waals surface area contributed by atoms with E-state index >= 15 is 0 Å². The molecule has 1 saturated heterocycles. The van der Waals surface area contributed by atoms with Crippen molar-refractivity contribution >= 4 is 39.8 Å². The van der Waals surface area contributed by atoms with E-state index in [4.69, 9.17) is 16.6 Å². The van der Waals surface area contributed by atoms with Crippen LogP contribution in [0.25, 0.3) is 0 Å². The molecule has 1 aromatic carbocycles. The van der Waals surface area contributed by atoms with Crippen LogP contribution < -0.4 is 5.32 Å². The third-order valence-electron chi connectivity index (χ3n) is 5.06. The average molecular weight is 427 g/mol. The van der Waals surface area contributed by atoms with Crippen LogP contribution in [0.2, 0.25) is 5.02 Å². The molecule has 0 radical (unpaired) electrons. The number of carbonyl (C=O) groups excluding carboxylic acids is 1. The van der Waals surface area contributed by atoms with E-state index in [2.05, 4.69) is 10.3 Å². The molecule has 7 heteroatoms. The number of hydrogen-bond donors (Lipinski definition) is 1.